The van der Waals surface area contributed by atoms with Crippen molar-refractivity contribution in [2.75, 3.05) is 0 Å². The van der Waals surface area contributed by atoms with E-state index in [-0.39, 0.29) is 36.9 Å². The van der Waals surface area contributed by atoms with Gasteiger partial charge in [-0.2, -0.15) is 4.98 Å². The fourth-order valence-electron chi connectivity index (χ4n) is 1.68. The van der Waals surface area contributed by atoms with Crippen LogP contribution in [0.15, 0.2) is 9.90 Å². The molecule has 3 N–H and O–H groups in total. The Bertz CT molecular complexity index is 547. The average molecular weight is 354 g/mol. The molecule has 21 heavy (non-hydrogen) atoms. The molecule has 0 aliphatic rings. The topological polar surface area (TPSA) is 89.9 Å². The van der Waals surface area contributed by atoms with Gasteiger partial charge in [0.2, 0.25) is 5.89 Å². The zero-order chi connectivity index (χ0) is 13.9. The number of hydrogen-bond acceptors (Lipinski definition) is 7. The van der Waals surface area contributed by atoms with Crippen LogP contribution in [0.4, 0.5) is 0 Å². The van der Waals surface area contributed by atoms with Crippen LogP contribution in [0.5, 0.6) is 0 Å². The first kappa shape index (κ1) is 20.3. The van der Waals surface area contributed by atoms with Crippen molar-refractivity contribution in [2.45, 2.75) is 45.8 Å². The summed E-state index contributed by atoms with van der Waals surface area (Å²) in [5.41, 5.74) is 6.31. The minimum Gasteiger partial charge on any atom is -0.338 e. The number of hydrogen-bond donors (Lipinski definition) is 2. The van der Waals surface area contributed by atoms with E-state index in [4.69, 9.17) is 10.3 Å². The maximum atomic E-state index is 5.44. The lowest BCUT2D eigenvalue weighted by atomic mass is 10.00. The average Bonchev–Trinajstić information content (AvgIpc) is 3.05. The highest BCUT2D eigenvalue weighted by Crippen LogP contribution is 2.27. The van der Waals surface area contributed by atoms with Crippen molar-refractivity contribution in [1.29, 1.82) is 0 Å². The maximum Gasteiger partial charge on any atom is 0.240 e. The van der Waals surface area contributed by atoms with Crippen LogP contribution in [-0.2, 0) is 18.6 Å². The quantitative estimate of drug-likeness (QED) is 0.829. The summed E-state index contributed by atoms with van der Waals surface area (Å²) in [6.45, 7) is 7.07. The number of nitrogens with one attached hydrogen (secondary N) is 1. The molecule has 0 amide bonds. The molecule has 1 unspecified atom stereocenters. The Morgan fingerprint density at radius 1 is 1.38 bits per heavy atom. The molecule has 1 atom stereocenters. The van der Waals surface area contributed by atoms with E-state index in [1.165, 1.54) is 0 Å². The number of aryl methyl sites for hydroxylation is 1. The summed E-state index contributed by atoms with van der Waals surface area (Å²) in [5, 5.41) is 10.5. The normalized spacial score (nSPS) is 13.1. The van der Waals surface area contributed by atoms with Gasteiger partial charge in [0, 0.05) is 11.1 Å². The summed E-state index contributed by atoms with van der Waals surface area (Å²) in [6, 6.07) is 0. The van der Waals surface area contributed by atoms with E-state index in [0.717, 1.165) is 17.1 Å². The largest absolute Gasteiger partial charge is 0.338 e. The van der Waals surface area contributed by atoms with E-state index >= 15 is 0 Å². The predicted molar refractivity (Wildman–Crippen MR) is 88.0 cm³/mol. The van der Waals surface area contributed by atoms with Crippen molar-refractivity contribution in [3.05, 3.63) is 27.8 Å². The SMILES string of the molecule is CCC(C)(NCc1noc(CN)n1)c1nc(C)cs1.Cl.Cl. The van der Waals surface area contributed by atoms with E-state index in [9.17, 15) is 0 Å². The number of aromatic nitrogens is 3. The van der Waals surface area contributed by atoms with Crippen LogP contribution in [0.3, 0.4) is 0 Å². The van der Waals surface area contributed by atoms with Crippen LogP contribution in [0.2, 0.25) is 0 Å². The minimum absolute atomic E-state index is 0. The molecule has 0 spiro atoms. The number of rotatable bonds is 6. The van der Waals surface area contributed by atoms with Gasteiger partial charge < -0.3 is 10.3 Å². The Labute approximate surface area is 140 Å². The standard InChI is InChI=1S/C12H19N5OS.2ClH/c1-4-12(3,11-15-8(2)7-19-11)14-6-9-16-10(5-13)18-17-9;;/h7,14H,4-6,13H2,1-3H3;2*1H. The van der Waals surface area contributed by atoms with Gasteiger partial charge in [-0.3, -0.25) is 5.32 Å². The number of thiazole rings is 1. The third-order valence-corrected chi connectivity index (χ3v) is 4.34. The smallest absolute Gasteiger partial charge is 0.240 e. The summed E-state index contributed by atoms with van der Waals surface area (Å²) in [4.78, 5) is 8.74. The second kappa shape index (κ2) is 8.65. The Balaban J connectivity index is 0.00000200. The van der Waals surface area contributed by atoms with Crippen LogP contribution in [0.1, 0.15) is 42.7 Å². The molecule has 0 bridgehead atoms. The zero-order valence-corrected chi connectivity index (χ0v) is 14.7. The highest BCUT2D eigenvalue weighted by atomic mass is 35.5. The van der Waals surface area contributed by atoms with Crippen molar-refractivity contribution in [1.82, 2.24) is 20.4 Å². The monoisotopic (exact) mass is 353 g/mol. The molecular formula is C12H21Cl2N5OS. The minimum atomic E-state index is -0.178. The number of nitrogens with two attached hydrogens (primary N) is 1. The molecule has 0 saturated carbocycles. The van der Waals surface area contributed by atoms with E-state index in [1.807, 2.05) is 6.92 Å². The van der Waals surface area contributed by atoms with Crippen LogP contribution in [-0.4, -0.2) is 15.1 Å². The molecule has 9 heteroatoms. The van der Waals surface area contributed by atoms with Gasteiger partial charge >= 0.3 is 0 Å². The van der Waals surface area contributed by atoms with Crippen molar-refractivity contribution in [3.8, 4) is 0 Å². The van der Waals surface area contributed by atoms with Gasteiger partial charge in [-0.05, 0) is 20.3 Å². The van der Waals surface area contributed by atoms with Gasteiger partial charge in [-0.1, -0.05) is 12.1 Å². The van der Waals surface area contributed by atoms with Crippen LogP contribution in [0.25, 0.3) is 0 Å². The molecule has 0 aliphatic heterocycles. The molecule has 2 heterocycles. The molecule has 0 saturated heterocycles. The highest BCUT2D eigenvalue weighted by molar-refractivity contribution is 7.09. The molecule has 2 aromatic rings. The lowest BCUT2D eigenvalue weighted by Crippen LogP contribution is -2.38. The van der Waals surface area contributed by atoms with Crippen molar-refractivity contribution >= 4 is 36.2 Å². The van der Waals surface area contributed by atoms with Gasteiger partial charge in [0.15, 0.2) is 5.82 Å². The second-order valence-corrected chi connectivity index (χ2v) is 5.50. The fourth-order valence-corrected chi connectivity index (χ4v) is 2.69. The van der Waals surface area contributed by atoms with Crippen LogP contribution >= 0.6 is 36.2 Å². The molecular weight excluding hydrogens is 333 g/mol. The second-order valence-electron chi connectivity index (χ2n) is 4.64. The molecule has 0 aromatic carbocycles. The van der Waals surface area contributed by atoms with Crippen molar-refractivity contribution in [2.24, 2.45) is 5.73 Å². The lowest BCUT2D eigenvalue weighted by Gasteiger charge is -2.26. The Morgan fingerprint density at radius 2 is 2.10 bits per heavy atom. The van der Waals surface area contributed by atoms with Gasteiger partial charge in [-0.25, -0.2) is 4.98 Å². The van der Waals surface area contributed by atoms with E-state index in [0.29, 0.717) is 18.3 Å². The zero-order valence-electron chi connectivity index (χ0n) is 12.3. The molecule has 2 aromatic heterocycles. The van der Waals surface area contributed by atoms with E-state index in [2.05, 4.69) is 39.7 Å². The Kier molecular flexibility index (Phi) is 8.35. The molecule has 0 radical (unpaired) electrons. The Morgan fingerprint density at radius 3 is 2.57 bits per heavy atom. The van der Waals surface area contributed by atoms with Gasteiger partial charge in [-0.15, -0.1) is 36.2 Å². The summed E-state index contributed by atoms with van der Waals surface area (Å²) in [6.07, 6.45) is 0.932. The van der Waals surface area contributed by atoms with Gasteiger partial charge in [0.25, 0.3) is 0 Å². The van der Waals surface area contributed by atoms with Crippen molar-refractivity contribution in [3.63, 3.8) is 0 Å². The Hall–Kier alpha value is -0.730. The third-order valence-electron chi connectivity index (χ3n) is 3.12. The van der Waals surface area contributed by atoms with E-state index in [1.54, 1.807) is 11.3 Å². The van der Waals surface area contributed by atoms with Gasteiger partial charge in [0.05, 0.1) is 18.6 Å². The number of nitrogens with zero attached hydrogens (tertiary/aromatic N) is 3. The predicted octanol–water partition coefficient (Wildman–Crippen LogP) is 2.55. The van der Waals surface area contributed by atoms with Crippen LogP contribution in [0, 0.1) is 6.92 Å². The summed E-state index contributed by atoms with van der Waals surface area (Å²) in [5.74, 6) is 1.08. The molecule has 120 valence electrons. The maximum absolute atomic E-state index is 5.44. The first-order valence-corrected chi connectivity index (χ1v) is 7.14. The molecule has 2 rings (SSSR count). The van der Waals surface area contributed by atoms with E-state index < -0.39 is 0 Å². The molecule has 0 fully saturated rings. The highest BCUT2D eigenvalue weighted by Gasteiger charge is 2.27. The number of halogens is 2. The van der Waals surface area contributed by atoms with Crippen LogP contribution < -0.4 is 11.1 Å². The lowest BCUT2D eigenvalue weighted by molar-refractivity contribution is 0.334. The summed E-state index contributed by atoms with van der Waals surface area (Å²) in [7, 11) is 0. The summed E-state index contributed by atoms with van der Waals surface area (Å²) >= 11 is 1.67. The first-order valence-electron chi connectivity index (χ1n) is 6.26. The fraction of sp³-hybridized carbons (Fsp3) is 0.583. The van der Waals surface area contributed by atoms with Crippen molar-refractivity contribution < 1.29 is 4.52 Å². The third kappa shape index (κ3) is 4.89. The summed E-state index contributed by atoms with van der Waals surface area (Å²) < 4.78 is 4.98. The van der Waals surface area contributed by atoms with Gasteiger partial charge in [0.1, 0.15) is 5.01 Å². The molecule has 0 aliphatic carbocycles. The first-order chi connectivity index (χ1) is 9.07. The molecule has 6 nitrogen and oxygen atoms in total.